The van der Waals surface area contributed by atoms with Gasteiger partial charge in [-0.1, -0.05) is 11.6 Å². The van der Waals surface area contributed by atoms with Crippen LogP contribution in [0.5, 0.6) is 5.75 Å². The van der Waals surface area contributed by atoms with Gasteiger partial charge in [-0.05, 0) is 49.4 Å². The van der Waals surface area contributed by atoms with E-state index in [0.29, 0.717) is 5.69 Å². The lowest BCUT2D eigenvalue weighted by Crippen LogP contribution is -2.30. The first kappa shape index (κ1) is 20.1. The van der Waals surface area contributed by atoms with E-state index in [1.165, 1.54) is 30.8 Å². The van der Waals surface area contributed by atoms with Crippen molar-refractivity contribution in [2.24, 2.45) is 0 Å². The molecular weight excluding hydrogens is 381 g/mol. The second kappa shape index (κ2) is 9.45. The summed E-state index contributed by atoms with van der Waals surface area (Å²) in [6, 6.07) is 11.0. The van der Waals surface area contributed by atoms with Gasteiger partial charge in [0.25, 0.3) is 5.91 Å². The Labute approximate surface area is 159 Å². The topological polar surface area (TPSA) is 64.6 Å². The van der Waals surface area contributed by atoms with Crippen LogP contribution in [0.2, 0.25) is 5.02 Å². The molecule has 2 rings (SSSR count). The molecular formula is C18H17ClFNO4S. The molecule has 0 fully saturated rings. The number of halogens is 2. The van der Waals surface area contributed by atoms with Gasteiger partial charge in [0.2, 0.25) is 0 Å². The molecule has 2 aromatic rings. The maximum atomic E-state index is 13.1. The second-order valence-corrected chi connectivity index (χ2v) is 6.67. The molecule has 2 aromatic carbocycles. The number of rotatable bonds is 7. The molecule has 1 atom stereocenters. The third-order valence-corrected chi connectivity index (χ3v) is 4.56. The SMILES string of the molecule is COc1ccc(SCC(=O)O[C@@H](C)C(=O)Nc2ccc(F)c(Cl)c2)cc1. The van der Waals surface area contributed by atoms with Crippen LogP contribution in [-0.2, 0) is 14.3 Å². The van der Waals surface area contributed by atoms with Crippen LogP contribution in [0.25, 0.3) is 0 Å². The van der Waals surface area contributed by atoms with Gasteiger partial charge in [-0.25, -0.2) is 4.39 Å². The maximum Gasteiger partial charge on any atom is 0.317 e. The Morgan fingerprint density at radius 3 is 2.54 bits per heavy atom. The molecule has 26 heavy (non-hydrogen) atoms. The van der Waals surface area contributed by atoms with Crippen molar-refractivity contribution >= 4 is 40.9 Å². The number of benzene rings is 2. The number of carbonyl (C=O) groups excluding carboxylic acids is 2. The number of ether oxygens (including phenoxy) is 2. The van der Waals surface area contributed by atoms with E-state index < -0.39 is 23.8 Å². The lowest BCUT2D eigenvalue weighted by molar-refractivity contribution is -0.150. The Bertz CT molecular complexity index is 785. The Morgan fingerprint density at radius 2 is 1.92 bits per heavy atom. The number of hydrogen-bond acceptors (Lipinski definition) is 5. The van der Waals surface area contributed by atoms with E-state index >= 15 is 0 Å². The van der Waals surface area contributed by atoms with E-state index in [1.54, 1.807) is 19.2 Å². The highest BCUT2D eigenvalue weighted by molar-refractivity contribution is 8.00. The number of hydrogen-bond donors (Lipinski definition) is 1. The van der Waals surface area contributed by atoms with Crippen LogP contribution in [0.15, 0.2) is 47.4 Å². The quantitative estimate of drug-likeness (QED) is 0.561. The first-order chi connectivity index (χ1) is 12.4. The summed E-state index contributed by atoms with van der Waals surface area (Å²) in [6.07, 6.45) is -0.997. The molecule has 0 spiro atoms. The molecule has 0 saturated heterocycles. The first-order valence-electron chi connectivity index (χ1n) is 7.61. The normalized spacial score (nSPS) is 11.5. The number of amides is 1. The van der Waals surface area contributed by atoms with Crippen molar-refractivity contribution in [1.82, 2.24) is 0 Å². The Hall–Kier alpha value is -2.25. The number of thioether (sulfide) groups is 1. The molecule has 0 aliphatic carbocycles. The van der Waals surface area contributed by atoms with Crippen LogP contribution >= 0.6 is 23.4 Å². The third-order valence-electron chi connectivity index (χ3n) is 3.28. The zero-order chi connectivity index (χ0) is 19.1. The van der Waals surface area contributed by atoms with E-state index in [0.717, 1.165) is 16.7 Å². The molecule has 0 aliphatic heterocycles. The van der Waals surface area contributed by atoms with E-state index in [1.807, 2.05) is 12.1 Å². The summed E-state index contributed by atoms with van der Waals surface area (Å²) in [4.78, 5) is 24.8. The molecule has 0 unspecified atom stereocenters. The molecule has 8 heteroatoms. The molecule has 0 heterocycles. The van der Waals surface area contributed by atoms with Gasteiger partial charge in [0, 0.05) is 10.6 Å². The van der Waals surface area contributed by atoms with Gasteiger partial charge in [0.1, 0.15) is 11.6 Å². The fraction of sp³-hybridized carbons (Fsp3) is 0.222. The zero-order valence-electron chi connectivity index (χ0n) is 14.1. The van der Waals surface area contributed by atoms with Crippen LogP contribution in [0.4, 0.5) is 10.1 Å². The standard InChI is InChI=1S/C18H17ClFNO4S/c1-11(18(23)21-12-3-8-16(20)15(19)9-12)25-17(22)10-26-14-6-4-13(24-2)5-7-14/h3-9,11H,10H2,1-2H3,(H,21,23)/t11-/m0/s1. The van der Waals surface area contributed by atoms with Crippen LogP contribution in [-0.4, -0.2) is 30.8 Å². The molecule has 1 amide bonds. The van der Waals surface area contributed by atoms with E-state index in [2.05, 4.69) is 5.32 Å². The molecule has 0 aromatic heterocycles. The summed E-state index contributed by atoms with van der Waals surface area (Å²) in [5, 5.41) is 2.41. The highest BCUT2D eigenvalue weighted by Gasteiger charge is 2.18. The maximum absolute atomic E-state index is 13.1. The highest BCUT2D eigenvalue weighted by atomic mass is 35.5. The minimum atomic E-state index is -0.997. The summed E-state index contributed by atoms with van der Waals surface area (Å²) in [7, 11) is 1.58. The van der Waals surface area contributed by atoms with Gasteiger partial charge < -0.3 is 14.8 Å². The summed E-state index contributed by atoms with van der Waals surface area (Å²) in [6.45, 7) is 1.45. The summed E-state index contributed by atoms with van der Waals surface area (Å²) in [5.74, 6) is -0.851. The molecule has 5 nitrogen and oxygen atoms in total. The summed E-state index contributed by atoms with van der Waals surface area (Å²) in [5.41, 5.74) is 0.317. The van der Waals surface area contributed by atoms with Crippen molar-refractivity contribution in [1.29, 1.82) is 0 Å². The number of anilines is 1. The van der Waals surface area contributed by atoms with Crippen LogP contribution in [0.1, 0.15) is 6.92 Å². The fourth-order valence-electron chi connectivity index (χ4n) is 1.92. The fourth-order valence-corrected chi connectivity index (χ4v) is 2.78. The predicted molar refractivity (Wildman–Crippen MR) is 99.3 cm³/mol. The molecule has 1 N–H and O–H groups in total. The molecule has 0 saturated carbocycles. The zero-order valence-corrected chi connectivity index (χ0v) is 15.7. The lowest BCUT2D eigenvalue weighted by atomic mass is 10.3. The van der Waals surface area contributed by atoms with Crippen molar-refractivity contribution in [3.05, 3.63) is 53.3 Å². The lowest BCUT2D eigenvalue weighted by Gasteiger charge is -2.13. The predicted octanol–water partition coefficient (Wildman–Crippen LogP) is 4.15. The average Bonchev–Trinajstić information content (AvgIpc) is 2.63. The monoisotopic (exact) mass is 397 g/mol. The molecule has 138 valence electrons. The Kier molecular flexibility index (Phi) is 7.29. The van der Waals surface area contributed by atoms with Gasteiger partial charge >= 0.3 is 5.97 Å². The Balaban J connectivity index is 1.81. The number of carbonyl (C=O) groups is 2. The summed E-state index contributed by atoms with van der Waals surface area (Å²) < 4.78 is 23.3. The van der Waals surface area contributed by atoms with Crippen molar-refractivity contribution in [2.75, 3.05) is 18.2 Å². The third kappa shape index (κ3) is 5.93. The largest absolute Gasteiger partial charge is 0.497 e. The Morgan fingerprint density at radius 1 is 1.23 bits per heavy atom. The van der Waals surface area contributed by atoms with E-state index in [-0.39, 0.29) is 10.8 Å². The van der Waals surface area contributed by atoms with Gasteiger partial charge in [0.15, 0.2) is 6.10 Å². The average molecular weight is 398 g/mol. The van der Waals surface area contributed by atoms with Crippen LogP contribution in [0.3, 0.4) is 0 Å². The number of nitrogens with one attached hydrogen (secondary N) is 1. The molecule has 0 radical (unpaired) electrons. The van der Waals surface area contributed by atoms with Gasteiger partial charge in [-0.3, -0.25) is 9.59 Å². The minimum Gasteiger partial charge on any atom is -0.497 e. The van der Waals surface area contributed by atoms with Crippen LogP contribution < -0.4 is 10.1 Å². The number of esters is 1. The molecule has 0 aliphatic rings. The van der Waals surface area contributed by atoms with Crippen molar-refractivity contribution < 1.29 is 23.5 Å². The van der Waals surface area contributed by atoms with Gasteiger partial charge in [-0.15, -0.1) is 11.8 Å². The number of methoxy groups -OCH3 is 1. The van der Waals surface area contributed by atoms with Gasteiger partial charge in [0.05, 0.1) is 17.9 Å². The molecule has 0 bridgehead atoms. The second-order valence-electron chi connectivity index (χ2n) is 5.21. The van der Waals surface area contributed by atoms with Crippen molar-refractivity contribution in [2.45, 2.75) is 17.9 Å². The van der Waals surface area contributed by atoms with Crippen LogP contribution in [0, 0.1) is 5.82 Å². The van der Waals surface area contributed by atoms with E-state index in [4.69, 9.17) is 21.1 Å². The van der Waals surface area contributed by atoms with Crippen molar-refractivity contribution in [3.8, 4) is 5.75 Å². The highest BCUT2D eigenvalue weighted by Crippen LogP contribution is 2.22. The smallest absolute Gasteiger partial charge is 0.317 e. The first-order valence-corrected chi connectivity index (χ1v) is 8.97. The summed E-state index contributed by atoms with van der Waals surface area (Å²) >= 11 is 6.95. The van der Waals surface area contributed by atoms with Crippen molar-refractivity contribution in [3.63, 3.8) is 0 Å². The van der Waals surface area contributed by atoms with E-state index in [9.17, 15) is 14.0 Å². The minimum absolute atomic E-state index is 0.0618. The van der Waals surface area contributed by atoms with Gasteiger partial charge in [-0.2, -0.15) is 0 Å².